The molecule has 0 unspecified atom stereocenters. The van der Waals surface area contributed by atoms with Gasteiger partial charge in [-0.25, -0.2) is 14.4 Å². The van der Waals surface area contributed by atoms with Gasteiger partial charge in [-0.2, -0.15) is 0 Å². The van der Waals surface area contributed by atoms with Crippen molar-refractivity contribution in [2.45, 2.75) is 38.0 Å². The highest BCUT2D eigenvalue weighted by atomic mass is 35.5. The van der Waals surface area contributed by atoms with Gasteiger partial charge in [0.25, 0.3) is 0 Å². The SMILES string of the molecule is CC(C)(O)c1cnc2c(F)cc(-c3nc(N[C@@H]4CCOC[C@H]4O)ncc3Cl)cc2c1. The summed E-state index contributed by atoms with van der Waals surface area (Å²) in [6.45, 7) is 4.05. The van der Waals surface area contributed by atoms with Crippen LogP contribution in [0, 0.1) is 5.82 Å². The number of hydrogen-bond donors (Lipinski definition) is 3. The molecule has 1 fully saturated rings. The molecule has 158 valence electrons. The molecular formula is C21H22ClFN4O3. The second kappa shape index (κ2) is 8.03. The Morgan fingerprint density at radius 1 is 1.23 bits per heavy atom. The van der Waals surface area contributed by atoms with Crippen LogP contribution < -0.4 is 5.32 Å². The van der Waals surface area contributed by atoms with E-state index in [0.29, 0.717) is 35.2 Å². The summed E-state index contributed by atoms with van der Waals surface area (Å²) in [5.41, 5.74) is 0.460. The number of benzene rings is 1. The fourth-order valence-electron chi connectivity index (χ4n) is 3.37. The van der Waals surface area contributed by atoms with Crippen LogP contribution in [0.1, 0.15) is 25.8 Å². The van der Waals surface area contributed by atoms with Crippen LogP contribution in [0.5, 0.6) is 0 Å². The predicted octanol–water partition coefficient (Wildman–Crippen LogP) is 3.27. The maximum atomic E-state index is 14.7. The van der Waals surface area contributed by atoms with Crippen molar-refractivity contribution in [3.05, 3.63) is 47.0 Å². The molecule has 3 heterocycles. The summed E-state index contributed by atoms with van der Waals surface area (Å²) in [4.78, 5) is 12.8. The fourth-order valence-corrected chi connectivity index (χ4v) is 3.57. The number of aliphatic hydroxyl groups excluding tert-OH is 1. The third-order valence-electron chi connectivity index (χ3n) is 5.10. The number of nitrogens with zero attached hydrogens (tertiary/aromatic N) is 3. The molecule has 1 saturated heterocycles. The summed E-state index contributed by atoms with van der Waals surface area (Å²) < 4.78 is 20.0. The topological polar surface area (TPSA) is 100 Å². The van der Waals surface area contributed by atoms with Gasteiger partial charge >= 0.3 is 0 Å². The van der Waals surface area contributed by atoms with Crippen molar-refractivity contribution >= 4 is 28.5 Å². The van der Waals surface area contributed by atoms with E-state index in [0.717, 1.165) is 0 Å². The number of anilines is 1. The maximum absolute atomic E-state index is 14.7. The number of pyridine rings is 1. The van der Waals surface area contributed by atoms with Crippen LogP contribution in [0.3, 0.4) is 0 Å². The lowest BCUT2D eigenvalue weighted by molar-refractivity contribution is -0.0136. The van der Waals surface area contributed by atoms with Gasteiger partial charge in [0.1, 0.15) is 11.3 Å². The zero-order chi connectivity index (χ0) is 21.5. The first kappa shape index (κ1) is 20.9. The molecule has 0 spiro atoms. The highest BCUT2D eigenvalue weighted by Gasteiger charge is 2.25. The molecule has 1 aliphatic heterocycles. The van der Waals surface area contributed by atoms with Crippen molar-refractivity contribution in [1.29, 1.82) is 0 Å². The number of ether oxygens (including phenoxy) is 1. The van der Waals surface area contributed by atoms with Crippen LogP contribution in [0.15, 0.2) is 30.6 Å². The van der Waals surface area contributed by atoms with Gasteiger partial charge in [0.05, 0.1) is 41.3 Å². The molecule has 0 amide bonds. The van der Waals surface area contributed by atoms with Gasteiger partial charge in [0, 0.05) is 29.3 Å². The molecule has 0 radical (unpaired) electrons. The zero-order valence-electron chi connectivity index (χ0n) is 16.6. The molecule has 1 aliphatic rings. The largest absolute Gasteiger partial charge is 0.389 e. The van der Waals surface area contributed by atoms with Gasteiger partial charge in [-0.3, -0.25) is 4.98 Å². The van der Waals surface area contributed by atoms with E-state index in [1.807, 2.05) is 0 Å². The Kier molecular flexibility index (Phi) is 5.59. The van der Waals surface area contributed by atoms with Crippen LogP contribution in [0.4, 0.5) is 10.3 Å². The van der Waals surface area contributed by atoms with Crippen molar-refractivity contribution in [3.8, 4) is 11.3 Å². The van der Waals surface area contributed by atoms with Crippen molar-refractivity contribution in [2.75, 3.05) is 18.5 Å². The molecule has 2 atom stereocenters. The van der Waals surface area contributed by atoms with Gasteiger partial charge in [0.2, 0.25) is 5.95 Å². The number of halogens is 2. The van der Waals surface area contributed by atoms with E-state index >= 15 is 0 Å². The number of aliphatic hydroxyl groups is 2. The average Bonchev–Trinajstić information content (AvgIpc) is 2.70. The summed E-state index contributed by atoms with van der Waals surface area (Å²) in [7, 11) is 0. The smallest absolute Gasteiger partial charge is 0.223 e. The van der Waals surface area contributed by atoms with Gasteiger partial charge in [-0.05, 0) is 38.5 Å². The standard InChI is InChI=1S/C21H22ClFN4O3/c1-21(2,29)13-6-11-5-12(7-15(23)19(11)24-8-13)18-14(22)9-25-20(27-18)26-16-3-4-30-10-17(16)28/h5-9,16-17,28-29H,3-4,10H2,1-2H3,(H,25,26,27)/t16-,17-/m1/s1. The van der Waals surface area contributed by atoms with Gasteiger partial charge < -0.3 is 20.3 Å². The minimum Gasteiger partial charge on any atom is -0.389 e. The predicted molar refractivity (Wildman–Crippen MR) is 112 cm³/mol. The lowest BCUT2D eigenvalue weighted by atomic mass is 9.98. The minimum atomic E-state index is -1.11. The van der Waals surface area contributed by atoms with Crippen LogP contribution in [-0.4, -0.2) is 50.5 Å². The maximum Gasteiger partial charge on any atom is 0.223 e. The first-order chi connectivity index (χ1) is 14.2. The molecule has 7 nitrogen and oxygen atoms in total. The van der Waals surface area contributed by atoms with Gasteiger partial charge in [-0.15, -0.1) is 0 Å². The van der Waals surface area contributed by atoms with Crippen LogP contribution in [0.25, 0.3) is 22.2 Å². The van der Waals surface area contributed by atoms with E-state index in [1.165, 1.54) is 18.5 Å². The molecule has 1 aromatic carbocycles. The Bertz CT molecular complexity index is 1090. The number of aromatic nitrogens is 3. The van der Waals surface area contributed by atoms with Crippen molar-refractivity contribution in [3.63, 3.8) is 0 Å². The van der Waals surface area contributed by atoms with Crippen molar-refractivity contribution in [2.24, 2.45) is 0 Å². The quantitative estimate of drug-likeness (QED) is 0.581. The summed E-state index contributed by atoms with van der Waals surface area (Å²) in [6.07, 6.45) is 2.83. The lowest BCUT2D eigenvalue weighted by Crippen LogP contribution is -2.42. The van der Waals surface area contributed by atoms with Crippen LogP contribution in [-0.2, 0) is 10.3 Å². The third kappa shape index (κ3) is 4.22. The Balaban J connectivity index is 1.73. The molecule has 0 aliphatic carbocycles. The van der Waals surface area contributed by atoms with E-state index in [4.69, 9.17) is 16.3 Å². The normalized spacial score (nSPS) is 19.8. The Labute approximate surface area is 177 Å². The summed E-state index contributed by atoms with van der Waals surface area (Å²) >= 11 is 6.31. The summed E-state index contributed by atoms with van der Waals surface area (Å²) in [5, 5.41) is 24.2. The highest BCUT2D eigenvalue weighted by Crippen LogP contribution is 2.32. The summed E-state index contributed by atoms with van der Waals surface area (Å²) in [6, 6.07) is 4.49. The molecule has 3 aromatic rings. The van der Waals surface area contributed by atoms with E-state index in [9.17, 15) is 14.6 Å². The van der Waals surface area contributed by atoms with Gasteiger partial charge in [0.15, 0.2) is 0 Å². The first-order valence-electron chi connectivity index (χ1n) is 9.60. The number of rotatable bonds is 4. The van der Waals surface area contributed by atoms with E-state index < -0.39 is 17.5 Å². The second-order valence-electron chi connectivity index (χ2n) is 7.88. The summed E-state index contributed by atoms with van der Waals surface area (Å²) in [5.74, 6) is -0.238. The van der Waals surface area contributed by atoms with E-state index in [1.54, 1.807) is 26.0 Å². The number of nitrogens with one attached hydrogen (secondary N) is 1. The third-order valence-corrected chi connectivity index (χ3v) is 5.38. The molecule has 30 heavy (non-hydrogen) atoms. The van der Waals surface area contributed by atoms with Crippen molar-refractivity contribution < 1.29 is 19.3 Å². The van der Waals surface area contributed by atoms with E-state index in [2.05, 4.69) is 20.3 Å². The van der Waals surface area contributed by atoms with Gasteiger partial charge in [-0.1, -0.05) is 11.6 Å². The Morgan fingerprint density at radius 3 is 2.77 bits per heavy atom. The second-order valence-corrected chi connectivity index (χ2v) is 8.29. The monoisotopic (exact) mass is 432 g/mol. The molecule has 4 rings (SSSR count). The van der Waals surface area contributed by atoms with Crippen molar-refractivity contribution in [1.82, 2.24) is 15.0 Å². The minimum absolute atomic E-state index is 0.195. The number of hydrogen-bond acceptors (Lipinski definition) is 7. The zero-order valence-corrected chi connectivity index (χ0v) is 17.3. The fraction of sp³-hybridized carbons (Fsp3) is 0.381. The molecule has 9 heteroatoms. The van der Waals surface area contributed by atoms with Crippen LogP contribution in [0.2, 0.25) is 5.02 Å². The van der Waals surface area contributed by atoms with Crippen LogP contribution >= 0.6 is 11.6 Å². The lowest BCUT2D eigenvalue weighted by Gasteiger charge is -2.28. The number of fused-ring (bicyclic) bond motifs is 1. The van der Waals surface area contributed by atoms with E-state index in [-0.39, 0.29) is 29.1 Å². The molecule has 2 aromatic heterocycles. The molecule has 0 bridgehead atoms. The Morgan fingerprint density at radius 2 is 2.03 bits per heavy atom. The molecule has 0 saturated carbocycles. The highest BCUT2D eigenvalue weighted by molar-refractivity contribution is 6.33. The molecule has 3 N–H and O–H groups in total. The first-order valence-corrected chi connectivity index (χ1v) is 9.97. The average molecular weight is 433 g/mol. The Hall–Kier alpha value is -2.39. The molecular weight excluding hydrogens is 411 g/mol.